The Balaban J connectivity index is 1.44. The van der Waals surface area contributed by atoms with Gasteiger partial charge < -0.3 is 9.80 Å². The number of benzene rings is 1. The van der Waals surface area contributed by atoms with Crippen LogP contribution in [0.1, 0.15) is 24.0 Å². The van der Waals surface area contributed by atoms with Gasteiger partial charge in [0.1, 0.15) is 5.82 Å². The quantitative estimate of drug-likeness (QED) is 0.826. The van der Waals surface area contributed by atoms with Crippen LogP contribution in [-0.4, -0.2) is 35.4 Å². The third kappa shape index (κ3) is 3.49. The van der Waals surface area contributed by atoms with Gasteiger partial charge in [-0.05, 0) is 42.5 Å². The fourth-order valence-corrected chi connectivity index (χ4v) is 4.00. The highest BCUT2D eigenvalue weighted by Gasteiger charge is 2.31. The topological polar surface area (TPSA) is 36.4 Å². The van der Waals surface area contributed by atoms with Crippen LogP contribution in [0.15, 0.2) is 42.6 Å². The van der Waals surface area contributed by atoms with Crippen molar-refractivity contribution in [2.45, 2.75) is 25.8 Å². The van der Waals surface area contributed by atoms with E-state index in [1.54, 1.807) is 6.20 Å². The van der Waals surface area contributed by atoms with Gasteiger partial charge in [0.2, 0.25) is 5.91 Å². The number of fused-ring (bicyclic) bond motifs is 1. The SMILES string of the molecule is O=C(C1CCCN(c2ccc(Cl)cn2)C1)N1CCc2ccccc2C1. The summed E-state index contributed by atoms with van der Waals surface area (Å²) in [4.78, 5) is 21.7. The molecule has 4 rings (SSSR count). The lowest BCUT2D eigenvalue weighted by molar-refractivity contribution is -0.136. The summed E-state index contributed by atoms with van der Waals surface area (Å²) in [5.74, 6) is 1.25. The van der Waals surface area contributed by atoms with Crippen LogP contribution < -0.4 is 4.90 Å². The second-order valence-corrected chi connectivity index (χ2v) is 7.33. The first-order valence-electron chi connectivity index (χ1n) is 8.93. The minimum absolute atomic E-state index is 0.0523. The smallest absolute Gasteiger partial charge is 0.227 e. The minimum Gasteiger partial charge on any atom is -0.356 e. The summed E-state index contributed by atoms with van der Waals surface area (Å²) < 4.78 is 0. The van der Waals surface area contributed by atoms with Crippen molar-refractivity contribution < 1.29 is 4.79 Å². The molecule has 2 aliphatic rings. The molecule has 0 aliphatic carbocycles. The number of pyridine rings is 1. The Bertz CT molecular complexity index is 762. The molecule has 1 atom stereocenters. The van der Waals surface area contributed by atoms with E-state index < -0.39 is 0 Å². The first-order valence-corrected chi connectivity index (χ1v) is 9.30. The molecule has 0 N–H and O–H groups in total. The number of aromatic nitrogens is 1. The lowest BCUT2D eigenvalue weighted by Gasteiger charge is -2.37. The standard InChI is InChI=1S/C20H22ClN3O/c21-18-7-8-19(22-12-18)23-10-3-6-17(14-23)20(25)24-11-9-15-4-1-2-5-16(15)13-24/h1-2,4-5,7-8,12,17H,3,6,9-11,13-14H2. The van der Waals surface area contributed by atoms with Gasteiger partial charge in [-0.2, -0.15) is 0 Å². The normalized spacial score (nSPS) is 20.3. The molecule has 1 aromatic carbocycles. The molecule has 1 aromatic heterocycles. The molecule has 2 aromatic rings. The molecule has 1 saturated heterocycles. The second kappa shape index (κ2) is 7.04. The Kier molecular flexibility index (Phi) is 4.62. The van der Waals surface area contributed by atoms with E-state index in [-0.39, 0.29) is 11.8 Å². The van der Waals surface area contributed by atoms with Gasteiger partial charge in [0.15, 0.2) is 0 Å². The van der Waals surface area contributed by atoms with Crippen molar-refractivity contribution in [1.29, 1.82) is 0 Å². The highest BCUT2D eigenvalue weighted by molar-refractivity contribution is 6.30. The number of amides is 1. The highest BCUT2D eigenvalue weighted by atomic mass is 35.5. The average Bonchev–Trinajstić information content (AvgIpc) is 2.68. The zero-order valence-corrected chi connectivity index (χ0v) is 15.0. The van der Waals surface area contributed by atoms with Crippen molar-refractivity contribution in [3.63, 3.8) is 0 Å². The van der Waals surface area contributed by atoms with Crippen molar-refractivity contribution in [1.82, 2.24) is 9.88 Å². The van der Waals surface area contributed by atoms with Gasteiger partial charge in [-0.25, -0.2) is 4.98 Å². The van der Waals surface area contributed by atoms with Crippen molar-refractivity contribution in [2.75, 3.05) is 24.5 Å². The van der Waals surface area contributed by atoms with E-state index in [1.807, 2.05) is 17.0 Å². The summed E-state index contributed by atoms with van der Waals surface area (Å²) in [7, 11) is 0. The molecular weight excluding hydrogens is 334 g/mol. The summed E-state index contributed by atoms with van der Waals surface area (Å²) in [6, 6.07) is 12.2. The number of hydrogen-bond donors (Lipinski definition) is 0. The van der Waals surface area contributed by atoms with E-state index >= 15 is 0 Å². The van der Waals surface area contributed by atoms with Crippen molar-refractivity contribution in [2.24, 2.45) is 5.92 Å². The molecule has 5 heteroatoms. The molecular formula is C20H22ClN3O. The van der Waals surface area contributed by atoms with Crippen LogP contribution in [0.2, 0.25) is 5.02 Å². The van der Waals surface area contributed by atoms with E-state index in [1.165, 1.54) is 11.1 Å². The molecule has 4 nitrogen and oxygen atoms in total. The molecule has 25 heavy (non-hydrogen) atoms. The highest BCUT2D eigenvalue weighted by Crippen LogP contribution is 2.26. The summed E-state index contributed by atoms with van der Waals surface area (Å²) in [5.41, 5.74) is 2.66. The third-order valence-corrected chi connectivity index (χ3v) is 5.47. The monoisotopic (exact) mass is 355 g/mol. The fraction of sp³-hybridized carbons (Fsp3) is 0.400. The Morgan fingerprint density at radius 3 is 2.76 bits per heavy atom. The summed E-state index contributed by atoms with van der Waals surface area (Å²) >= 11 is 5.93. The molecule has 1 fully saturated rings. The minimum atomic E-state index is 0.0523. The summed E-state index contributed by atoms with van der Waals surface area (Å²) in [6.45, 7) is 3.25. The zero-order valence-electron chi connectivity index (χ0n) is 14.2. The maximum Gasteiger partial charge on any atom is 0.227 e. The van der Waals surface area contributed by atoms with Crippen LogP contribution in [0.4, 0.5) is 5.82 Å². The van der Waals surface area contributed by atoms with Crippen LogP contribution in [0.25, 0.3) is 0 Å². The van der Waals surface area contributed by atoms with Gasteiger partial charge in [0, 0.05) is 32.4 Å². The molecule has 0 radical (unpaired) electrons. The molecule has 0 spiro atoms. The molecule has 3 heterocycles. The number of halogens is 1. The van der Waals surface area contributed by atoms with Gasteiger partial charge in [0.05, 0.1) is 10.9 Å². The second-order valence-electron chi connectivity index (χ2n) is 6.90. The maximum atomic E-state index is 13.1. The molecule has 2 aliphatic heterocycles. The van der Waals surface area contributed by atoms with Gasteiger partial charge in [-0.3, -0.25) is 4.79 Å². The number of rotatable bonds is 2. The van der Waals surface area contributed by atoms with Crippen LogP contribution in [0, 0.1) is 5.92 Å². The average molecular weight is 356 g/mol. The Labute approximate surface area is 153 Å². The molecule has 0 saturated carbocycles. The molecule has 0 bridgehead atoms. The maximum absolute atomic E-state index is 13.1. The fourth-order valence-electron chi connectivity index (χ4n) is 3.88. The van der Waals surface area contributed by atoms with Crippen LogP contribution in [0.5, 0.6) is 0 Å². The first-order chi connectivity index (χ1) is 12.2. The number of anilines is 1. The molecule has 130 valence electrons. The molecule has 1 amide bonds. The van der Waals surface area contributed by atoms with Crippen molar-refractivity contribution in [3.8, 4) is 0 Å². The first kappa shape index (κ1) is 16.4. The predicted octanol–water partition coefficient (Wildman–Crippen LogP) is 3.54. The number of carbonyl (C=O) groups is 1. The van der Waals surface area contributed by atoms with E-state index in [9.17, 15) is 4.79 Å². The lowest BCUT2D eigenvalue weighted by atomic mass is 9.94. The van der Waals surface area contributed by atoms with Gasteiger partial charge >= 0.3 is 0 Å². The van der Waals surface area contributed by atoms with Crippen LogP contribution >= 0.6 is 11.6 Å². The Morgan fingerprint density at radius 1 is 1.12 bits per heavy atom. The Hall–Kier alpha value is -2.07. The molecule has 1 unspecified atom stereocenters. The van der Waals surface area contributed by atoms with Crippen LogP contribution in [0.3, 0.4) is 0 Å². The van der Waals surface area contributed by atoms with Crippen molar-refractivity contribution >= 4 is 23.3 Å². The largest absolute Gasteiger partial charge is 0.356 e. The lowest BCUT2D eigenvalue weighted by Crippen LogP contribution is -2.46. The van der Waals surface area contributed by atoms with E-state index in [4.69, 9.17) is 11.6 Å². The third-order valence-electron chi connectivity index (χ3n) is 5.25. The zero-order chi connectivity index (χ0) is 17.2. The Morgan fingerprint density at radius 2 is 1.96 bits per heavy atom. The predicted molar refractivity (Wildman–Crippen MR) is 99.7 cm³/mol. The van der Waals surface area contributed by atoms with E-state index in [2.05, 4.69) is 34.1 Å². The summed E-state index contributed by atoms with van der Waals surface area (Å²) in [6.07, 6.45) is 4.60. The number of carbonyl (C=O) groups excluding carboxylic acids is 1. The van der Waals surface area contributed by atoms with E-state index in [0.717, 1.165) is 51.3 Å². The van der Waals surface area contributed by atoms with E-state index in [0.29, 0.717) is 5.02 Å². The van der Waals surface area contributed by atoms with Crippen molar-refractivity contribution in [3.05, 3.63) is 58.7 Å². The number of piperidine rings is 1. The van der Waals surface area contributed by atoms with Gasteiger partial charge in [-0.1, -0.05) is 35.9 Å². The summed E-state index contributed by atoms with van der Waals surface area (Å²) in [5, 5.41) is 0.639. The van der Waals surface area contributed by atoms with Gasteiger partial charge in [-0.15, -0.1) is 0 Å². The number of hydrogen-bond acceptors (Lipinski definition) is 3. The van der Waals surface area contributed by atoms with Gasteiger partial charge in [0.25, 0.3) is 0 Å². The number of nitrogens with zero attached hydrogens (tertiary/aromatic N) is 3. The van der Waals surface area contributed by atoms with Crippen LogP contribution in [-0.2, 0) is 17.8 Å².